The quantitative estimate of drug-likeness (QED) is 0.832. The lowest BCUT2D eigenvalue weighted by Gasteiger charge is -2.30. The molecule has 0 amide bonds. The van der Waals surface area contributed by atoms with Crippen LogP contribution in [0.2, 0.25) is 0 Å². The smallest absolute Gasteiger partial charge is 0.392 e. The van der Waals surface area contributed by atoms with Gasteiger partial charge < -0.3 is 5.11 Å². The van der Waals surface area contributed by atoms with Gasteiger partial charge in [-0.05, 0) is 30.7 Å². The van der Waals surface area contributed by atoms with E-state index in [4.69, 9.17) is 0 Å². The van der Waals surface area contributed by atoms with Gasteiger partial charge in [-0.3, -0.25) is 4.90 Å². The molecule has 0 radical (unpaired) electrons. The van der Waals surface area contributed by atoms with Crippen molar-refractivity contribution in [1.29, 1.82) is 0 Å². The van der Waals surface area contributed by atoms with Crippen LogP contribution in [0.3, 0.4) is 0 Å². The molecule has 0 bridgehead atoms. The first-order valence-electron chi connectivity index (χ1n) is 6.13. The van der Waals surface area contributed by atoms with Crippen LogP contribution in [0, 0.1) is 11.3 Å². The summed E-state index contributed by atoms with van der Waals surface area (Å²) < 4.78 is 36.9. The molecule has 0 aromatic carbocycles. The summed E-state index contributed by atoms with van der Waals surface area (Å²) in [6, 6.07) is 0. The zero-order chi connectivity index (χ0) is 13.3. The van der Waals surface area contributed by atoms with Crippen molar-refractivity contribution in [2.45, 2.75) is 45.9 Å². The minimum absolute atomic E-state index is 0.0349. The molecule has 0 heterocycles. The molecule has 1 aliphatic rings. The van der Waals surface area contributed by atoms with Gasteiger partial charge in [-0.15, -0.1) is 0 Å². The Balaban J connectivity index is 2.53. The molecule has 1 rings (SSSR count). The number of aliphatic hydroxyl groups excluding tert-OH is 1. The Morgan fingerprint density at radius 2 is 1.94 bits per heavy atom. The Hall–Kier alpha value is -0.290. The fourth-order valence-electron chi connectivity index (χ4n) is 2.58. The van der Waals surface area contributed by atoms with Crippen molar-refractivity contribution in [2.75, 3.05) is 19.6 Å². The summed E-state index contributed by atoms with van der Waals surface area (Å²) in [4.78, 5) is 1.37. The van der Waals surface area contributed by atoms with Gasteiger partial charge in [0.1, 0.15) is 0 Å². The van der Waals surface area contributed by atoms with Crippen molar-refractivity contribution in [1.82, 2.24) is 4.90 Å². The Morgan fingerprint density at radius 3 is 2.29 bits per heavy atom. The van der Waals surface area contributed by atoms with Crippen molar-refractivity contribution in [3.63, 3.8) is 0 Å². The van der Waals surface area contributed by atoms with E-state index in [1.54, 1.807) is 6.92 Å². The van der Waals surface area contributed by atoms with E-state index in [1.165, 1.54) is 4.90 Å². The fraction of sp³-hybridized carbons (Fsp3) is 1.00. The first-order chi connectivity index (χ1) is 7.65. The number of rotatable bonds is 4. The van der Waals surface area contributed by atoms with Gasteiger partial charge in [-0.2, -0.15) is 13.2 Å². The second-order valence-corrected chi connectivity index (χ2v) is 5.68. The number of nitrogens with zero attached hydrogens (tertiary/aromatic N) is 1. The number of aliphatic hydroxyl groups is 1. The van der Waals surface area contributed by atoms with E-state index in [2.05, 4.69) is 0 Å². The van der Waals surface area contributed by atoms with Crippen LogP contribution in [0.5, 0.6) is 0 Å². The van der Waals surface area contributed by atoms with Gasteiger partial charge in [0.15, 0.2) is 0 Å². The standard InChI is InChI=1S/C12H22F3NO/c1-4-16(8-12(13,14)15)7-9-5-6-11(2,3)10(9)17/h9-10,17H,4-8H2,1-3H3. The molecule has 0 spiro atoms. The highest BCUT2D eigenvalue weighted by Crippen LogP contribution is 2.41. The maximum atomic E-state index is 12.3. The van der Waals surface area contributed by atoms with Crippen molar-refractivity contribution < 1.29 is 18.3 Å². The van der Waals surface area contributed by atoms with E-state index in [-0.39, 0.29) is 11.3 Å². The molecule has 2 nitrogen and oxygen atoms in total. The molecule has 2 unspecified atom stereocenters. The van der Waals surface area contributed by atoms with E-state index in [9.17, 15) is 18.3 Å². The van der Waals surface area contributed by atoms with E-state index in [0.717, 1.165) is 12.8 Å². The van der Waals surface area contributed by atoms with Crippen molar-refractivity contribution in [3.05, 3.63) is 0 Å². The molecular formula is C12H22F3NO. The topological polar surface area (TPSA) is 23.5 Å². The van der Waals surface area contributed by atoms with Gasteiger partial charge in [0.2, 0.25) is 0 Å². The van der Waals surface area contributed by atoms with Crippen LogP contribution < -0.4 is 0 Å². The third-order valence-electron chi connectivity index (χ3n) is 3.75. The summed E-state index contributed by atoms with van der Waals surface area (Å²) in [7, 11) is 0. The lowest BCUT2D eigenvalue weighted by Crippen LogP contribution is -2.40. The fourth-order valence-corrected chi connectivity index (χ4v) is 2.58. The van der Waals surface area contributed by atoms with E-state index in [0.29, 0.717) is 13.1 Å². The summed E-state index contributed by atoms with van der Waals surface area (Å²) in [5.41, 5.74) is -0.164. The van der Waals surface area contributed by atoms with Crippen LogP contribution in [-0.4, -0.2) is 41.9 Å². The van der Waals surface area contributed by atoms with Crippen LogP contribution in [0.25, 0.3) is 0 Å². The molecule has 1 saturated carbocycles. The Bertz CT molecular complexity index is 253. The van der Waals surface area contributed by atoms with Crippen LogP contribution in [0.1, 0.15) is 33.6 Å². The lowest BCUT2D eigenvalue weighted by atomic mass is 9.87. The number of hydrogen-bond acceptors (Lipinski definition) is 2. The van der Waals surface area contributed by atoms with Crippen LogP contribution in [-0.2, 0) is 0 Å². The molecule has 17 heavy (non-hydrogen) atoms. The molecular weight excluding hydrogens is 231 g/mol. The normalized spacial score (nSPS) is 28.9. The second kappa shape index (κ2) is 5.14. The summed E-state index contributed by atoms with van der Waals surface area (Å²) in [5.74, 6) is -0.0349. The van der Waals surface area contributed by atoms with Crippen LogP contribution in [0.4, 0.5) is 13.2 Å². The summed E-state index contributed by atoms with van der Waals surface area (Å²) >= 11 is 0. The molecule has 0 aromatic rings. The predicted molar refractivity (Wildman–Crippen MR) is 60.7 cm³/mol. The first-order valence-corrected chi connectivity index (χ1v) is 6.13. The minimum atomic E-state index is -4.16. The van der Waals surface area contributed by atoms with Gasteiger partial charge in [-0.1, -0.05) is 20.8 Å². The highest BCUT2D eigenvalue weighted by Gasteiger charge is 2.42. The van der Waals surface area contributed by atoms with Gasteiger partial charge >= 0.3 is 6.18 Å². The van der Waals surface area contributed by atoms with Crippen molar-refractivity contribution >= 4 is 0 Å². The Morgan fingerprint density at radius 1 is 1.35 bits per heavy atom. The van der Waals surface area contributed by atoms with Crippen molar-refractivity contribution in [3.8, 4) is 0 Å². The van der Waals surface area contributed by atoms with Gasteiger partial charge in [0.25, 0.3) is 0 Å². The number of halogens is 3. The highest BCUT2D eigenvalue weighted by atomic mass is 19.4. The molecule has 0 aromatic heterocycles. The first kappa shape index (κ1) is 14.8. The highest BCUT2D eigenvalue weighted by molar-refractivity contribution is 4.92. The minimum Gasteiger partial charge on any atom is -0.392 e. The van der Waals surface area contributed by atoms with E-state index >= 15 is 0 Å². The van der Waals surface area contributed by atoms with Gasteiger partial charge in [0, 0.05) is 6.54 Å². The summed E-state index contributed by atoms with van der Waals surface area (Å²) in [6.45, 7) is 5.48. The SMILES string of the molecule is CCN(CC1CCC(C)(C)C1O)CC(F)(F)F. The van der Waals surface area contributed by atoms with Gasteiger partial charge in [0.05, 0.1) is 12.6 Å². The predicted octanol–water partition coefficient (Wildman–Crippen LogP) is 2.67. The maximum Gasteiger partial charge on any atom is 0.401 e. The summed E-state index contributed by atoms with van der Waals surface area (Å²) in [6.07, 6.45) is -2.97. The molecule has 5 heteroatoms. The summed E-state index contributed by atoms with van der Waals surface area (Å²) in [5, 5.41) is 10.1. The zero-order valence-corrected chi connectivity index (χ0v) is 10.7. The third kappa shape index (κ3) is 4.14. The third-order valence-corrected chi connectivity index (χ3v) is 3.75. The monoisotopic (exact) mass is 253 g/mol. The molecule has 102 valence electrons. The zero-order valence-electron chi connectivity index (χ0n) is 10.7. The van der Waals surface area contributed by atoms with E-state index < -0.39 is 18.8 Å². The average Bonchev–Trinajstić information content (AvgIpc) is 2.42. The molecule has 1 N–H and O–H groups in total. The molecule has 1 aliphatic carbocycles. The molecule has 1 fully saturated rings. The average molecular weight is 253 g/mol. The second-order valence-electron chi connectivity index (χ2n) is 5.68. The largest absolute Gasteiger partial charge is 0.401 e. The van der Waals surface area contributed by atoms with Gasteiger partial charge in [-0.25, -0.2) is 0 Å². The van der Waals surface area contributed by atoms with Crippen LogP contribution >= 0.6 is 0 Å². The number of alkyl halides is 3. The molecule has 0 aliphatic heterocycles. The van der Waals surface area contributed by atoms with Crippen LogP contribution in [0.15, 0.2) is 0 Å². The Kier molecular flexibility index (Phi) is 4.47. The lowest BCUT2D eigenvalue weighted by molar-refractivity contribution is -0.148. The molecule has 2 atom stereocenters. The van der Waals surface area contributed by atoms with E-state index in [1.807, 2.05) is 13.8 Å². The maximum absolute atomic E-state index is 12.3. The number of hydrogen-bond donors (Lipinski definition) is 1. The molecule has 0 saturated heterocycles. The Labute approximate surface area is 101 Å². The van der Waals surface area contributed by atoms with Crippen molar-refractivity contribution in [2.24, 2.45) is 11.3 Å².